The summed E-state index contributed by atoms with van der Waals surface area (Å²) in [6, 6.07) is 15.2. The second kappa shape index (κ2) is 12.0. The van der Waals surface area contributed by atoms with Crippen molar-refractivity contribution in [1.29, 1.82) is 0 Å². The Kier molecular flexibility index (Phi) is 8.25. The molecule has 0 aliphatic carbocycles. The Bertz CT molecular complexity index is 1500. The Morgan fingerprint density at radius 2 is 1.75 bits per heavy atom. The van der Waals surface area contributed by atoms with Gasteiger partial charge in [-0.25, -0.2) is 9.59 Å². The lowest BCUT2D eigenvalue weighted by molar-refractivity contribution is 0.0526. The van der Waals surface area contributed by atoms with Crippen LogP contribution in [0.5, 0.6) is 5.75 Å². The van der Waals surface area contributed by atoms with Gasteiger partial charge in [-0.3, -0.25) is 13.9 Å². The van der Waals surface area contributed by atoms with Crippen LogP contribution in [0, 0.1) is 0 Å². The lowest BCUT2D eigenvalue weighted by Crippen LogP contribution is -2.41. The maximum Gasteiger partial charge on any atom is 0.338 e. The predicted molar refractivity (Wildman–Crippen MR) is 155 cm³/mol. The van der Waals surface area contributed by atoms with Crippen molar-refractivity contribution >= 4 is 23.2 Å². The van der Waals surface area contributed by atoms with E-state index in [2.05, 4.69) is 20.8 Å². The molecule has 1 aromatic heterocycles. The summed E-state index contributed by atoms with van der Waals surface area (Å²) in [5.74, 6) is 1.16. The fraction of sp³-hybridized carbons (Fsp3) is 0.433. The smallest absolute Gasteiger partial charge is 0.338 e. The topological polar surface area (TPSA) is 89.3 Å². The first kappa shape index (κ1) is 27.5. The largest absolute Gasteiger partial charge is 0.487 e. The van der Waals surface area contributed by atoms with Crippen LogP contribution in [0.1, 0.15) is 35.7 Å². The van der Waals surface area contributed by atoms with Gasteiger partial charge in [0.25, 0.3) is 5.56 Å². The Hall–Kier alpha value is -4.05. The van der Waals surface area contributed by atoms with E-state index in [1.54, 1.807) is 23.7 Å². The molecule has 3 heterocycles. The minimum Gasteiger partial charge on any atom is -0.487 e. The first-order chi connectivity index (χ1) is 19.4. The van der Waals surface area contributed by atoms with E-state index < -0.39 is 0 Å². The van der Waals surface area contributed by atoms with Gasteiger partial charge in [0.1, 0.15) is 18.2 Å². The van der Waals surface area contributed by atoms with Crippen molar-refractivity contribution < 1.29 is 14.3 Å². The highest BCUT2D eigenvalue weighted by atomic mass is 16.5. The Morgan fingerprint density at radius 1 is 0.925 bits per heavy atom. The van der Waals surface area contributed by atoms with Crippen molar-refractivity contribution in [2.24, 2.45) is 14.1 Å². The second-order valence-corrected chi connectivity index (χ2v) is 10.2. The summed E-state index contributed by atoms with van der Waals surface area (Å²) in [5.41, 5.74) is 2.90. The summed E-state index contributed by atoms with van der Waals surface area (Å²) in [5, 5.41) is 0. The molecule has 3 aromatic rings. The molecule has 0 atom stereocenters. The minimum atomic E-state index is -0.327. The van der Waals surface area contributed by atoms with Gasteiger partial charge >= 0.3 is 11.7 Å². The maximum atomic E-state index is 12.5. The quantitative estimate of drug-likeness (QED) is 0.418. The number of anilines is 3. The van der Waals surface area contributed by atoms with E-state index in [1.165, 1.54) is 7.05 Å². The van der Waals surface area contributed by atoms with Gasteiger partial charge in [0.15, 0.2) is 0 Å². The molecule has 10 heteroatoms. The van der Waals surface area contributed by atoms with Crippen LogP contribution in [0.25, 0.3) is 0 Å². The molecular weight excluding hydrogens is 510 g/mol. The fourth-order valence-corrected chi connectivity index (χ4v) is 5.51. The molecule has 0 saturated carbocycles. The van der Waals surface area contributed by atoms with E-state index in [-0.39, 0.29) is 17.2 Å². The van der Waals surface area contributed by atoms with Crippen LogP contribution in [0.4, 0.5) is 17.2 Å². The first-order valence-corrected chi connectivity index (χ1v) is 13.9. The number of nitrogens with zero attached hydrogens (tertiary/aromatic N) is 5. The zero-order chi connectivity index (χ0) is 28.2. The van der Waals surface area contributed by atoms with Gasteiger partial charge in [0.05, 0.1) is 17.9 Å². The fourth-order valence-electron chi connectivity index (χ4n) is 5.51. The Morgan fingerprint density at radius 3 is 2.58 bits per heavy atom. The number of ether oxygens (including phenoxy) is 2. The van der Waals surface area contributed by atoms with Crippen LogP contribution in [0.3, 0.4) is 0 Å². The van der Waals surface area contributed by atoms with E-state index in [1.807, 2.05) is 37.3 Å². The summed E-state index contributed by atoms with van der Waals surface area (Å²) in [6.45, 7) is 7.53. The van der Waals surface area contributed by atoms with Crippen LogP contribution in [0.2, 0.25) is 0 Å². The number of carbonyl (C=O) groups is 1. The van der Waals surface area contributed by atoms with E-state index in [9.17, 15) is 14.4 Å². The third-order valence-corrected chi connectivity index (χ3v) is 7.70. The van der Waals surface area contributed by atoms with Gasteiger partial charge in [0.2, 0.25) is 0 Å². The molecule has 2 aliphatic heterocycles. The number of esters is 1. The molecule has 2 aromatic carbocycles. The highest BCUT2D eigenvalue weighted by Gasteiger charge is 2.24. The zero-order valence-corrected chi connectivity index (χ0v) is 23.5. The van der Waals surface area contributed by atoms with E-state index >= 15 is 0 Å². The van der Waals surface area contributed by atoms with Gasteiger partial charge in [-0.1, -0.05) is 18.2 Å². The molecule has 0 radical (unpaired) electrons. The predicted octanol–water partition coefficient (Wildman–Crippen LogP) is 2.89. The van der Waals surface area contributed by atoms with Gasteiger partial charge in [0, 0.05) is 57.6 Å². The lowest BCUT2D eigenvalue weighted by atomic mass is 10.1. The molecule has 2 aliphatic rings. The maximum absolute atomic E-state index is 12.5. The third kappa shape index (κ3) is 5.62. The number of aromatic nitrogens is 2. The average molecular weight is 548 g/mol. The SMILES string of the molecule is CCOC(=O)c1ccc2c(c1)N(CCCN1CCCN(c3cc(=O)n(C)c(=O)n3C)CC1)c1ccccc1OC2. The van der Waals surface area contributed by atoms with Gasteiger partial charge in [-0.05, 0) is 57.1 Å². The van der Waals surface area contributed by atoms with Crippen LogP contribution >= 0.6 is 0 Å². The van der Waals surface area contributed by atoms with Gasteiger partial charge < -0.3 is 24.2 Å². The molecule has 0 spiro atoms. The number of hydrogen-bond donors (Lipinski definition) is 0. The molecule has 212 valence electrons. The van der Waals surface area contributed by atoms with Crippen molar-refractivity contribution in [3.8, 4) is 5.75 Å². The van der Waals surface area contributed by atoms with E-state index in [0.717, 1.165) is 79.4 Å². The lowest BCUT2D eigenvalue weighted by Gasteiger charge is -2.28. The van der Waals surface area contributed by atoms with Crippen molar-refractivity contribution in [3.05, 3.63) is 80.5 Å². The summed E-state index contributed by atoms with van der Waals surface area (Å²) < 4.78 is 14.1. The molecule has 0 N–H and O–H groups in total. The number of carbonyl (C=O) groups excluding carboxylic acids is 1. The number of fused-ring (bicyclic) bond motifs is 2. The van der Waals surface area contributed by atoms with Crippen molar-refractivity contribution in [2.75, 3.05) is 55.7 Å². The summed E-state index contributed by atoms with van der Waals surface area (Å²) >= 11 is 0. The van der Waals surface area contributed by atoms with Crippen molar-refractivity contribution in [1.82, 2.24) is 14.0 Å². The van der Waals surface area contributed by atoms with Crippen LogP contribution in [-0.4, -0.2) is 65.9 Å². The van der Waals surface area contributed by atoms with Gasteiger partial charge in [-0.2, -0.15) is 0 Å². The van der Waals surface area contributed by atoms with E-state index in [0.29, 0.717) is 24.6 Å². The molecule has 0 bridgehead atoms. The highest BCUT2D eigenvalue weighted by molar-refractivity contribution is 5.91. The molecule has 10 nitrogen and oxygen atoms in total. The standard InChI is InChI=1S/C30H37N5O5/c1-4-39-29(37)22-11-12-23-21-40-26-10-6-5-9-24(26)35(25(23)19-22)16-8-14-33-13-7-15-34(18-17-33)27-20-28(36)32(3)30(38)31(27)2/h5-6,9-12,19-20H,4,7-8,13-18,21H2,1-3H3. The Balaban J connectivity index is 1.30. The number of rotatable bonds is 7. The molecular formula is C30H37N5O5. The van der Waals surface area contributed by atoms with Crippen LogP contribution in [0.15, 0.2) is 58.1 Å². The molecule has 0 unspecified atom stereocenters. The Labute approximate surface area is 233 Å². The molecule has 5 rings (SSSR count). The molecule has 1 saturated heterocycles. The third-order valence-electron chi connectivity index (χ3n) is 7.70. The first-order valence-electron chi connectivity index (χ1n) is 13.9. The van der Waals surface area contributed by atoms with Crippen LogP contribution < -0.4 is 25.8 Å². The molecule has 40 heavy (non-hydrogen) atoms. The number of benzene rings is 2. The monoisotopic (exact) mass is 547 g/mol. The normalized spacial score (nSPS) is 15.5. The highest BCUT2D eigenvalue weighted by Crippen LogP contribution is 2.40. The van der Waals surface area contributed by atoms with Crippen molar-refractivity contribution in [3.63, 3.8) is 0 Å². The minimum absolute atomic E-state index is 0.285. The number of hydrogen-bond acceptors (Lipinski definition) is 8. The van der Waals surface area contributed by atoms with E-state index in [4.69, 9.17) is 9.47 Å². The van der Waals surface area contributed by atoms with Crippen LogP contribution in [-0.2, 0) is 25.4 Å². The summed E-state index contributed by atoms with van der Waals surface area (Å²) in [6.07, 6.45) is 1.84. The van der Waals surface area contributed by atoms with Gasteiger partial charge in [-0.15, -0.1) is 0 Å². The second-order valence-electron chi connectivity index (χ2n) is 10.2. The summed E-state index contributed by atoms with van der Waals surface area (Å²) in [7, 11) is 3.22. The summed E-state index contributed by atoms with van der Waals surface area (Å²) in [4.78, 5) is 44.0. The zero-order valence-electron chi connectivity index (χ0n) is 23.5. The molecule has 0 amide bonds. The average Bonchev–Trinajstić information content (AvgIpc) is 3.29. The number of para-hydroxylation sites is 2. The van der Waals surface area contributed by atoms with Crippen molar-refractivity contribution in [2.45, 2.75) is 26.4 Å². The molecule has 1 fully saturated rings.